The van der Waals surface area contributed by atoms with Crippen LogP contribution in [0.25, 0.3) is 10.8 Å². The van der Waals surface area contributed by atoms with Crippen molar-refractivity contribution in [1.82, 2.24) is 15.5 Å². The summed E-state index contributed by atoms with van der Waals surface area (Å²) in [6.07, 6.45) is 2.95. The maximum absolute atomic E-state index is 12.2. The van der Waals surface area contributed by atoms with Crippen molar-refractivity contribution >= 4 is 16.7 Å². The number of rotatable bonds is 3. The smallest absolute Gasteiger partial charge is 0.272 e. The van der Waals surface area contributed by atoms with E-state index in [0.717, 1.165) is 25.7 Å². The number of nitrogens with zero attached hydrogens (tertiary/aromatic N) is 1. The zero-order chi connectivity index (χ0) is 15.5. The highest BCUT2D eigenvalue weighted by Crippen LogP contribution is 2.18. The third-order valence-electron chi connectivity index (χ3n) is 4.16. The first-order valence-corrected chi connectivity index (χ1v) is 7.57. The number of nitrogens with one attached hydrogen (secondary N) is 2. The third kappa shape index (κ3) is 3.17. The monoisotopic (exact) mass is 301 g/mol. The molecule has 0 saturated heterocycles. The second-order valence-electron chi connectivity index (χ2n) is 5.79. The molecule has 0 bridgehead atoms. The SMILES string of the molecule is O=C(Cc1n[nH]c(=O)c2ccccc12)NC1CCC(O)CC1. The Bertz CT molecular complexity index is 733. The van der Waals surface area contributed by atoms with Crippen molar-refractivity contribution in [1.29, 1.82) is 0 Å². The van der Waals surface area contributed by atoms with E-state index in [9.17, 15) is 14.7 Å². The third-order valence-corrected chi connectivity index (χ3v) is 4.16. The van der Waals surface area contributed by atoms with Crippen LogP contribution in [0.4, 0.5) is 0 Å². The molecule has 3 rings (SSSR count). The number of hydrogen-bond donors (Lipinski definition) is 3. The van der Waals surface area contributed by atoms with Crippen LogP contribution in [0.1, 0.15) is 31.4 Å². The van der Waals surface area contributed by atoms with Gasteiger partial charge in [-0.15, -0.1) is 0 Å². The molecular weight excluding hydrogens is 282 g/mol. The van der Waals surface area contributed by atoms with Gasteiger partial charge in [-0.05, 0) is 31.7 Å². The number of aliphatic hydroxyl groups excluding tert-OH is 1. The molecule has 1 fully saturated rings. The van der Waals surface area contributed by atoms with Gasteiger partial charge in [0.2, 0.25) is 5.91 Å². The molecule has 0 atom stereocenters. The van der Waals surface area contributed by atoms with Gasteiger partial charge in [-0.1, -0.05) is 18.2 Å². The van der Waals surface area contributed by atoms with E-state index in [1.165, 1.54) is 0 Å². The summed E-state index contributed by atoms with van der Waals surface area (Å²) < 4.78 is 0. The van der Waals surface area contributed by atoms with Gasteiger partial charge in [0.15, 0.2) is 0 Å². The molecule has 1 aliphatic rings. The number of hydrogen-bond acceptors (Lipinski definition) is 4. The second-order valence-corrected chi connectivity index (χ2v) is 5.79. The zero-order valence-electron chi connectivity index (χ0n) is 12.2. The lowest BCUT2D eigenvalue weighted by molar-refractivity contribution is -0.121. The fourth-order valence-corrected chi connectivity index (χ4v) is 2.96. The first-order valence-electron chi connectivity index (χ1n) is 7.57. The van der Waals surface area contributed by atoms with Crippen molar-refractivity contribution < 1.29 is 9.90 Å². The van der Waals surface area contributed by atoms with Crippen molar-refractivity contribution in [3.8, 4) is 0 Å². The highest BCUT2D eigenvalue weighted by molar-refractivity contribution is 5.88. The molecule has 6 heteroatoms. The number of aliphatic hydroxyl groups is 1. The van der Waals surface area contributed by atoms with Gasteiger partial charge in [-0.25, -0.2) is 5.10 Å². The highest BCUT2D eigenvalue weighted by Gasteiger charge is 2.21. The van der Waals surface area contributed by atoms with Crippen LogP contribution in [-0.2, 0) is 11.2 Å². The molecule has 0 unspecified atom stereocenters. The second kappa shape index (κ2) is 6.27. The predicted octanol–water partition coefficient (Wildman–Crippen LogP) is 0.885. The van der Waals surface area contributed by atoms with Gasteiger partial charge < -0.3 is 10.4 Å². The summed E-state index contributed by atoms with van der Waals surface area (Å²) in [5, 5.41) is 20.2. The number of aromatic nitrogens is 2. The summed E-state index contributed by atoms with van der Waals surface area (Å²) in [5.74, 6) is -0.105. The topological polar surface area (TPSA) is 95.1 Å². The Balaban J connectivity index is 1.72. The van der Waals surface area contributed by atoms with Gasteiger partial charge in [0.05, 0.1) is 23.6 Å². The normalized spacial score (nSPS) is 21.7. The van der Waals surface area contributed by atoms with Gasteiger partial charge in [0.25, 0.3) is 5.56 Å². The Morgan fingerprint density at radius 1 is 1.23 bits per heavy atom. The summed E-state index contributed by atoms with van der Waals surface area (Å²) in [6.45, 7) is 0. The molecule has 0 radical (unpaired) electrons. The van der Waals surface area contributed by atoms with E-state index < -0.39 is 0 Å². The van der Waals surface area contributed by atoms with Crippen LogP contribution in [0.5, 0.6) is 0 Å². The zero-order valence-corrected chi connectivity index (χ0v) is 12.2. The molecular formula is C16H19N3O3. The molecule has 116 valence electrons. The molecule has 3 N–H and O–H groups in total. The van der Waals surface area contributed by atoms with E-state index in [0.29, 0.717) is 16.5 Å². The maximum Gasteiger partial charge on any atom is 0.272 e. The van der Waals surface area contributed by atoms with Crippen molar-refractivity contribution in [3.05, 3.63) is 40.3 Å². The summed E-state index contributed by atoms with van der Waals surface area (Å²) >= 11 is 0. The first-order chi connectivity index (χ1) is 10.6. The molecule has 1 aromatic carbocycles. The predicted molar refractivity (Wildman–Crippen MR) is 82.5 cm³/mol. The van der Waals surface area contributed by atoms with E-state index in [2.05, 4.69) is 15.5 Å². The number of aromatic amines is 1. The largest absolute Gasteiger partial charge is 0.393 e. The molecule has 0 spiro atoms. The number of H-pyrrole nitrogens is 1. The fourth-order valence-electron chi connectivity index (χ4n) is 2.96. The summed E-state index contributed by atoms with van der Waals surface area (Å²) in [7, 11) is 0. The fraction of sp³-hybridized carbons (Fsp3) is 0.438. The first kappa shape index (κ1) is 14.7. The van der Waals surface area contributed by atoms with E-state index in [-0.39, 0.29) is 30.0 Å². The van der Waals surface area contributed by atoms with E-state index in [1.807, 2.05) is 6.07 Å². The van der Waals surface area contributed by atoms with Gasteiger partial charge in [0, 0.05) is 11.4 Å². The van der Waals surface area contributed by atoms with Crippen molar-refractivity contribution in [2.75, 3.05) is 0 Å². The minimum Gasteiger partial charge on any atom is -0.393 e. The molecule has 2 aromatic rings. The summed E-state index contributed by atoms with van der Waals surface area (Å²) in [6, 6.07) is 7.25. The van der Waals surface area contributed by atoms with Crippen LogP contribution in [0.3, 0.4) is 0 Å². The van der Waals surface area contributed by atoms with Crippen LogP contribution >= 0.6 is 0 Å². The summed E-state index contributed by atoms with van der Waals surface area (Å²) in [5.41, 5.74) is 0.324. The number of carbonyl (C=O) groups excluding carboxylic acids is 1. The Labute approximate surface area is 127 Å². The molecule has 1 saturated carbocycles. The molecule has 22 heavy (non-hydrogen) atoms. The minimum absolute atomic E-state index is 0.105. The highest BCUT2D eigenvalue weighted by atomic mass is 16.3. The van der Waals surface area contributed by atoms with Gasteiger partial charge in [-0.2, -0.15) is 5.10 Å². The maximum atomic E-state index is 12.2. The van der Waals surface area contributed by atoms with Crippen LogP contribution < -0.4 is 10.9 Å². The average molecular weight is 301 g/mol. The Morgan fingerprint density at radius 2 is 1.91 bits per heavy atom. The van der Waals surface area contributed by atoms with Crippen molar-refractivity contribution in [2.24, 2.45) is 0 Å². The van der Waals surface area contributed by atoms with E-state index in [1.54, 1.807) is 18.2 Å². The van der Waals surface area contributed by atoms with Crippen LogP contribution in [0.15, 0.2) is 29.1 Å². The Hall–Kier alpha value is -2.21. The molecule has 1 amide bonds. The Kier molecular flexibility index (Phi) is 4.20. The number of benzene rings is 1. The molecule has 0 aliphatic heterocycles. The van der Waals surface area contributed by atoms with E-state index >= 15 is 0 Å². The molecule has 1 aromatic heterocycles. The molecule has 1 heterocycles. The quantitative estimate of drug-likeness (QED) is 0.784. The average Bonchev–Trinajstić information content (AvgIpc) is 2.53. The van der Waals surface area contributed by atoms with Crippen LogP contribution in [-0.4, -0.2) is 33.4 Å². The van der Waals surface area contributed by atoms with Crippen molar-refractivity contribution in [3.63, 3.8) is 0 Å². The standard InChI is InChI=1S/C16H19N3O3/c20-11-7-5-10(6-8-11)17-15(21)9-14-12-3-1-2-4-13(12)16(22)19-18-14/h1-4,10-11,20H,5-9H2,(H,17,21)(H,19,22). The van der Waals surface area contributed by atoms with Crippen LogP contribution in [0, 0.1) is 0 Å². The van der Waals surface area contributed by atoms with E-state index in [4.69, 9.17) is 0 Å². The van der Waals surface area contributed by atoms with Gasteiger partial charge in [-0.3, -0.25) is 9.59 Å². The number of amides is 1. The number of carbonyl (C=O) groups is 1. The van der Waals surface area contributed by atoms with Gasteiger partial charge >= 0.3 is 0 Å². The number of fused-ring (bicyclic) bond motifs is 1. The minimum atomic E-state index is -0.249. The van der Waals surface area contributed by atoms with Gasteiger partial charge in [0.1, 0.15) is 0 Å². The lowest BCUT2D eigenvalue weighted by Gasteiger charge is -2.26. The lowest BCUT2D eigenvalue weighted by atomic mass is 9.93. The summed E-state index contributed by atoms with van der Waals surface area (Å²) in [4.78, 5) is 23.9. The van der Waals surface area contributed by atoms with Crippen molar-refractivity contribution in [2.45, 2.75) is 44.2 Å². The molecule has 1 aliphatic carbocycles. The lowest BCUT2D eigenvalue weighted by Crippen LogP contribution is -2.39. The molecule has 6 nitrogen and oxygen atoms in total. The Morgan fingerprint density at radius 3 is 2.64 bits per heavy atom. The van der Waals surface area contributed by atoms with Crippen LogP contribution in [0.2, 0.25) is 0 Å².